The second-order valence-electron chi connectivity index (χ2n) is 9.23. The second kappa shape index (κ2) is 9.71. The van der Waals surface area contributed by atoms with Gasteiger partial charge in [-0.1, -0.05) is 70.2 Å². The van der Waals surface area contributed by atoms with Crippen molar-refractivity contribution in [3.8, 4) is 5.75 Å². The third-order valence-corrected chi connectivity index (χ3v) is 6.35. The molecule has 0 spiro atoms. The molecular formula is C25H33NO2S. The summed E-state index contributed by atoms with van der Waals surface area (Å²) in [6.45, 7) is 10.3. The van der Waals surface area contributed by atoms with Gasteiger partial charge in [0.05, 0.1) is 0 Å². The molecule has 2 aromatic rings. The normalized spacial score (nSPS) is 17.9. The van der Waals surface area contributed by atoms with E-state index >= 15 is 0 Å². The molecular weight excluding hydrogens is 378 g/mol. The van der Waals surface area contributed by atoms with Gasteiger partial charge in [0, 0.05) is 18.7 Å². The summed E-state index contributed by atoms with van der Waals surface area (Å²) in [5, 5.41) is 0.0876. The Balaban J connectivity index is 1.63. The van der Waals surface area contributed by atoms with Gasteiger partial charge in [0.15, 0.2) is 0 Å². The van der Waals surface area contributed by atoms with Crippen LogP contribution in [0.15, 0.2) is 54.6 Å². The number of rotatable bonds is 7. The number of carbonyl (C=O) groups excluding carboxylic acids is 1. The van der Waals surface area contributed by atoms with Crippen molar-refractivity contribution >= 4 is 17.7 Å². The Morgan fingerprint density at radius 3 is 2.66 bits per heavy atom. The standard InChI is InChI=1S/C25H33NO2S/c1-19(17-25(2,3)4)15-23(27)26-13-14-29-24(26)21-11-8-12-22(16-21)28-18-20-9-6-5-7-10-20/h5-12,16,19,24H,13-15,17-18H2,1-4H3/t19-,24-/m1/s1. The molecule has 0 aliphatic carbocycles. The number of ether oxygens (including phenoxy) is 1. The molecule has 1 aliphatic rings. The minimum Gasteiger partial charge on any atom is -0.489 e. The number of carbonyl (C=O) groups is 1. The molecule has 1 aliphatic heterocycles. The van der Waals surface area contributed by atoms with Crippen LogP contribution in [0, 0.1) is 11.3 Å². The van der Waals surface area contributed by atoms with Crippen LogP contribution in [0.4, 0.5) is 0 Å². The maximum Gasteiger partial charge on any atom is 0.224 e. The third-order valence-electron chi connectivity index (χ3n) is 5.09. The topological polar surface area (TPSA) is 29.5 Å². The first kappa shape index (κ1) is 21.8. The molecule has 0 radical (unpaired) electrons. The highest BCUT2D eigenvalue weighted by molar-refractivity contribution is 7.99. The lowest BCUT2D eigenvalue weighted by Gasteiger charge is -2.28. The van der Waals surface area contributed by atoms with Crippen LogP contribution in [-0.2, 0) is 11.4 Å². The molecule has 1 amide bonds. The van der Waals surface area contributed by atoms with Crippen LogP contribution < -0.4 is 4.74 Å². The molecule has 1 fully saturated rings. The zero-order valence-electron chi connectivity index (χ0n) is 18.1. The third kappa shape index (κ3) is 6.53. The van der Waals surface area contributed by atoms with Crippen molar-refractivity contribution in [1.82, 2.24) is 4.90 Å². The van der Waals surface area contributed by atoms with Gasteiger partial charge in [-0.25, -0.2) is 0 Å². The van der Waals surface area contributed by atoms with Crippen LogP contribution in [0.5, 0.6) is 5.75 Å². The zero-order valence-corrected chi connectivity index (χ0v) is 18.9. The lowest BCUT2D eigenvalue weighted by molar-refractivity contribution is -0.132. The SMILES string of the molecule is C[C@H](CC(=O)N1CCS[C@@H]1c1cccc(OCc2ccccc2)c1)CC(C)(C)C. The summed E-state index contributed by atoms with van der Waals surface area (Å²) in [7, 11) is 0. The Labute approximate surface area is 179 Å². The summed E-state index contributed by atoms with van der Waals surface area (Å²) in [6.07, 6.45) is 1.69. The van der Waals surface area contributed by atoms with Crippen molar-refractivity contribution in [2.75, 3.05) is 12.3 Å². The summed E-state index contributed by atoms with van der Waals surface area (Å²) >= 11 is 1.84. The van der Waals surface area contributed by atoms with Crippen molar-refractivity contribution in [1.29, 1.82) is 0 Å². The number of hydrogen-bond donors (Lipinski definition) is 0. The first-order valence-electron chi connectivity index (χ1n) is 10.5. The monoisotopic (exact) mass is 411 g/mol. The number of benzene rings is 2. The van der Waals surface area contributed by atoms with Crippen LogP contribution in [0.3, 0.4) is 0 Å². The van der Waals surface area contributed by atoms with Crippen molar-refractivity contribution < 1.29 is 9.53 Å². The Hall–Kier alpha value is -1.94. The highest BCUT2D eigenvalue weighted by atomic mass is 32.2. The van der Waals surface area contributed by atoms with Gasteiger partial charge in [0.1, 0.15) is 17.7 Å². The van der Waals surface area contributed by atoms with E-state index in [1.165, 1.54) is 0 Å². The van der Waals surface area contributed by atoms with E-state index in [0.717, 1.165) is 35.6 Å². The van der Waals surface area contributed by atoms with Crippen LogP contribution in [0.2, 0.25) is 0 Å². The lowest BCUT2D eigenvalue weighted by Crippen LogP contribution is -2.32. The molecule has 29 heavy (non-hydrogen) atoms. The molecule has 4 heteroatoms. The number of nitrogens with zero attached hydrogens (tertiary/aromatic N) is 1. The van der Waals surface area contributed by atoms with Crippen LogP contribution in [0.1, 0.15) is 57.0 Å². The van der Waals surface area contributed by atoms with Gasteiger partial charge in [-0.05, 0) is 41.0 Å². The quantitative estimate of drug-likeness (QED) is 0.535. The van der Waals surface area contributed by atoms with Crippen molar-refractivity contribution in [2.45, 2.75) is 52.5 Å². The van der Waals surface area contributed by atoms with E-state index < -0.39 is 0 Å². The molecule has 156 valence electrons. The molecule has 2 atom stereocenters. The molecule has 2 aromatic carbocycles. The number of hydrogen-bond acceptors (Lipinski definition) is 3. The number of thioether (sulfide) groups is 1. The van der Waals surface area contributed by atoms with E-state index in [2.05, 4.69) is 56.9 Å². The molecule has 3 rings (SSSR count). The van der Waals surface area contributed by atoms with Gasteiger partial charge in [0.25, 0.3) is 0 Å². The van der Waals surface area contributed by atoms with Crippen molar-refractivity contribution in [3.63, 3.8) is 0 Å². The molecule has 0 saturated carbocycles. The first-order valence-corrected chi connectivity index (χ1v) is 11.5. The van der Waals surface area contributed by atoms with E-state index in [4.69, 9.17) is 4.74 Å². The van der Waals surface area contributed by atoms with Gasteiger partial charge >= 0.3 is 0 Å². The zero-order chi connectivity index (χ0) is 20.9. The fourth-order valence-corrected chi connectivity index (χ4v) is 5.30. The summed E-state index contributed by atoms with van der Waals surface area (Å²) in [6, 6.07) is 18.4. The summed E-state index contributed by atoms with van der Waals surface area (Å²) in [5.41, 5.74) is 2.55. The van der Waals surface area contributed by atoms with E-state index in [-0.39, 0.29) is 16.7 Å². The largest absolute Gasteiger partial charge is 0.489 e. The first-order chi connectivity index (χ1) is 13.8. The average Bonchev–Trinajstić information content (AvgIpc) is 3.16. The molecule has 0 unspecified atom stereocenters. The fourth-order valence-electron chi connectivity index (χ4n) is 4.03. The fraction of sp³-hybridized carbons (Fsp3) is 0.480. The van der Waals surface area contributed by atoms with Gasteiger partial charge in [-0.3, -0.25) is 4.79 Å². The van der Waals surface area contributed by atoms with Gasteiger partial charge < -0.3 is 9.64 Å². The number of amides is 1. The van der Waals surface area contributed by atoms with Crippen LogP contribution >= 0.6 is 11.8 Å². The molecule has 1 saturated heterocycles. The maximum atomic E-state index is 13.0. The van der Waals surface area contributed by atoms with Crippen molar-refractivity contribution in [2.24, 2.45) is 11.3 Å². The minimum atomic E-state index is 0.0876. The molecule has 0 aromatic heterocycles. The highest BCUT2D eigenvalue weighted by Crippen LogP contribution is 2.40. The maximum absolute atomic E-state index is 13.0. The molecule has 3 nitrogen and oxygen atoms in total. The minimum absolute atomic E-state index is 0.0876. The predicted octanol–water partition coefficient (Wildman–Crippen LogP) is 6.30. The smallest absolute Gasteiger partial charge is 0.224 e. The summed E-state index contributed by atoms with van der Waals surface area (Å²) < 4.78 is 5.99. The molecule has 0 bridgehead atoms. The van der Waals surface area contributed by atoms with E-state index in [0.29, 0.717) is 18.9 Å². The Morgan fingerprint density at radius 1 is 1.17 bits per heavy atom. The second-order valence-corrected chi connectivity index (χ2v) is 10.4. The summed E-state index contributed by atoms with van der Waals surface area (Å²) in [4.78, 5) is 15.1. The Bertz CT molecular complexity index is 800. The average molecular weight is 412 g/mol. The lowest BCUT2D eigenvalue weighted by atomic mass is 9.84. The van der Waals surface area contributed by atoms with E-state index in [1.807, 2.05) is 42.1 Å². The van der Waals surface area contributed by atoms with Gasteiger partial charge in [0.2, 0.25) is 5.91 Å². The van der Waals surface area contributed by atoms with Crippen LogP contribution in [0.25, 0.3) is 0 Å². The molecule has 1 heterocycles. The van der Waals surface area contributed by atoms with E-state index in [9.17, 15) is 4.79 Å². The Morgan fingerprint density at radius 2 is 1.93 bits per heavy atom. The van der Waals surface area contributed by atoms with Gasteiger partial charge in [-0.2, -0.15) is 0 Å². The molecule has 0 N–H and O–H groups in total. The highest BCUT2D eigenvalue weighted by Gasteiger charge is 2.31. The summed E-state index contributed by atoms with van der Waals surface area (Å²) in [5.74, 6) is 2.51. The van der Waals surface area contributed by atoms with E-state index in [1.54, 1.807) is 0 Å². The van der Waals surface area contributed by atoms with Crippen LogP contribution in [-0.4, -0.2) is 23.1 Å². The Kier molecular flexibility index (Phi) is 7.28. The predicted molar refractivity (Wildman–Crippen MR) is 122 cm³/mol. The van der Waals surface area contributed by atoms with Crippen molar-refractivity contribution in [3.05, 3.63) is 65.7 Å². The van der Waals surface area contributed by atoms with Gasteiger partial charge in [-0.15, -0.1) is 11.8 Å².